The predicted molar refractivity (Wildman–Crippen MR) is 116 cm³/mol. The van der Waals surface area contributed by atoms with Crippen molar-refractivity contribution in [3.05, 3.63) is 30.3 Å². The molecule has 2 amide bonds. The molecule has 0 spiro atoms. The molecule has 2 bridgehead atoms. The molecular weight excluding hydrogens is 398 g/mol. The molecule has 4 heterocycles. The van der Waals surface area contributed by atoms with Gasteiger partial charge in [-0.05, 0) is 32.1 Å². The maximum absolute atomic E-state index is 13.0. The Morgan fingerprint density at radius 2 is 2.00 bits per heavy atom. The van der Waals surface area contributed by atoms with Crippen LogP contribution >= 0.6 is 11.3 Å². The number of piperidine rings is 3. The van der Waals surface area contributed by atoms with Crippen LogP contribution in [0.2, 0.25) is 0 Å². The summed E-state index contributed by atoms with van der Waals surface area (Å²) in [7, 11) is 0. The molecule has 158 valence electrons. The number of likely N-dealkylation sites (N-methyl/N-ethyl adjacent to an activating group) is 1. The molecule has 3 aliphatic heterocycles. The molecule has 8 heteroatoms. The van der Waals surface area contributed by atoms with E-state index in [2.05, 4.69) is 20.4 Å². The van der Waals surface area contributed by atoms with Crippen molar-refractivity contribution in [3.63, 3.8) is 0 Å². The number of anilines is 1. The van der Waals surface area contributed by atoms with Crippen LogP contribution in [0.4, 0.5) is 5.13 Å². The molecule has 0 aliphatic carbocycles. The van der Waals surface area contributed by atoms with Gasteiger partial charge < -0.3 is 15.1 Å². The van der Waals surface area contributed by atoms with Gasteiger partial charge in [0.05, 0.1) is 0 Å². The maximum atomic E-state index is 13.0. The maximum Gasteiger partial charge on any atom is 0.243 e. The summed E-state index contributed by atoms with van der Waals surface area (Å²) in [5.74, 6) is 0.638. The number of fused-ring (bicyclic) bond motifs is 4. The third-order valence-corrected chi connectivity index (χ3v) is 7.70. The average Bonchev–Trinajstić information content (AvgIpc) is 3.26. The minimum Gasteiger partial charge on any atom is -0.355 e. The first-order chi connectivity index (χ1) is 14.7. The van der Waals surface area contributed by atoms with E-state index in [9.17, 15) is 9.59 Å². The fourth-order valence-electron chi connectivity index (χ4n) is 5.47. The zero-order valence-corrected chi connectivity index (χ0v) is 18.0. The van der Waals surface area contributed by atoms with E-state index in [-0.39, 0.29) is 29.8 Å². The van der Waals surface area contributed by atoms with Gasteiger partial charge in [-0.25, -0.2) is 0 Å². The largest absolute Gasteiger partial charge is 0.355 e. The Morgan fingerprint density at radius 3 is 2.80 bits per heavy atom. The fourth-order valence-corrected chi connectivity index (χ4v) is 6.34. The van der Waals surface area contributed by atoms with Gasteiger partial charge in [0.2, 0.25) is 16.9 Å². The lowest BCUT2D eigenvalue weighted by Crippen LogP contribution is -2.68. The van der Waals surface area contributed by atoms with Gasteiger partial charge in [0.1, 0.15) is 11.0 Å². The summed E-state index contributed by atoms with van der Waals surface area (Å²) in [5.41, 5.74) is 1.07. The Morgan fingerprint density at radius 1 is 1.20 bits per heavy atom. The van der Waals surface area contributed by atoms with Crippen molar-refractivity contribution in [2.24, 2.45) is 11.8 Å². The Balaban J connectivity index is 1.43. The van der Waals surface area contributed by atoms with Crippen molar-refractivity contribution in [3.8, 4) is 10.6 Å². The topological polar surface area (TPSA) is 78.4 Å². The Bertz CT molecular complexity index is 933. The van der Waals surface area contributed by atoms with Crippen LogP contribution in [0.3, 0.4) is 0 Å². The van der Waals surface area contributed by atoms with Gasteiger partial charge in [-0.3, -0.25) is 9.59 Å². The van der Waals surface area contributed by atoms with Crippen LogP contribution in [0.25, 0.3) is 10.6 Å². The van der Waals surface area contributed by atoms with Crippen molar-refractivity contribution in [2.75, 3.05) is 24.5 Å². The molecule has 30 heavy (non-hydrogen) atoms. The van der Waals surface area contributed by atoms with Gasteiger partial charge in [-0.15, -0.1) is 10.2 Å². The number of benzene rings is 1. The zero-order valence-electron chi connectivity index (χ0n) is 17.2. The number of amides is 2. The highest BCUT2D eigenvalue weighted by Crippen LogP contribution is 2.43. The van der Waals surface area contributed by atoms with Crippen molar-refractivity contribution >= 4 is 28.3 Å². The molecule has 3 fully saturated rings. The van der Waals surface area contributed by atoms with Gasteiger partial charge >= 0.3 is 0 Å². The number of rotatable bonds is 4. The second-order valence-corrected chi connectivity index (χ2v) is 9.47. The van der Waals surface area contributed by atoms with Crippen molar-refractivity contribution in [1.82, 2.24) is 20.4 Å². The van der Waals surface area contributed by atoms with Crippen LogP contribution in [0.15, 0.2) is 30.3 Å². The molecule has 1 N–H and O–H groups in total. The van der Waals surface area contributed by atoms with Gasteiger partial charge in [0, 0.05) is 43.6 Å². The third-order valence-electron chi connectivity index (χ3n) is 6.67. The highest BCUT2D eigenvalue weighted by atomic mass is 32.1. The third kappa shape index (κ3) is 3.37. The molecule has 0 saturated carbocycles. The average molecular weight is 426 g/mol. The van der Waals surface area contributed by atoms with Crippen LogP contribution in [0.1, 0.15) is 32.6 Å². The SMILES string of the molecule is CCNC(=O)[C@H]1[C@@H]2C[C@@H](CN(c3nnc(-c4ccccc4)s3)C2)[C@@H]2CCCC(=O)N21. The molecule has 0 unspecified atom stereocenters. The van der Waals surface area contributed by atoms with Gasteiger partial charge in [0.25, 0.3) is 0 Å². The van der Waals surface area contributed by atoms with Crippen LogP contribution in [0, 0.1) is 11.8 Å². The summed E-state index contributed by atoms with van der Waals surface area (Å²) < 4.78 is 0. The van der Waals surface area contributed by atoms with E-state index in [1.54, 1.807) is 11.3 Å². The number of hydrogen-bond acceptors (Lipinski definition) is 6. The number of hydrogen-bond donors (Lipinski definition) is 1. The van der Waals surface area contributed by atoms with Gasteiger partial charge in [-0.2, -0.15) is 0 Å². The Hall–Kier alpha value is -2.48. The first-order valence-electron chi connectivity index (χ1n) is 10.9. The van der Waals surface area contributed by atoms with E-state index >= 15 is 0 Å². The van der Waals surface area contributed by atoms with E-state index in [0.717, 1.165) is 48.1 Å². The minimum absolute atomic E-state index is 0.00899. The Labute approximate surface area is 180 Å². The smallest absolute Gasteiger partial charge is 0.243 e. The number of nitrogens with zero attached hydrogens (tertiary/aromatic N) is 4. The Kier molecular flexibility index (Phi) is 5.18. The minimum atomic E-state index is -0.372. The van der Waals surface area contributed by atoms with Gasteiger partial charge in [-0.1, -0.05) is 41.7 Å². The summed E-state index contributed by atoms with van der Waals surface area (Å²) in [6.07, 6.45) is 3.46. The first kappa shape index (κ1) is 19.5. The molecule has 4 atom stereocenters. The molecule has 2 aromatic rings. The highest BCUT2D eigenvalue weighted by molar-refractivity contribution is 7.18. The number of nitrogens with one attached hydrogen (secondary N) is 1. The van der Waals surface area contributed by atoms with Crippen LogP contribution in [-0.2, 0) is 9.59 Å². The molecule has 3 saturated heterocycles. The van der Waals surface area contributed by atoms with E-state index in [1.165, 1.54) is 0 Å². The van der Waals surface area contributed by atoms with E-state index in [4.69, 9.17) is 0 Å². The summed E-state index contributed by atoms with van der Waals surface area (Å²) >= 11 is 1.60. The standard InChI is InChI=1S/C22H27N5O2S/c1-2-23-20(29)19-16-11-15(17-9-6-10-18(28)27(17)19)12-26(13-16)22-25-24-21(30-22)14-7-4-3-5-8-14/h3-5,7-8,15-17,19H,2,6,9-13H2,1H3,(H,23,29)/t15-,16+,17-,19+/m0/s1. The lowest BCUT2D eigenvalue weighted by atomic mass is 9.72. The molecular formula is C22H27N5O2S. The monoisotopic (exact) mass is 425 g/mol. The normalized spacial score (nSPS) is 28.2. The summed E-state index contributed by atoms with van der Waals surface area (Å²) in [4.78, 5) is 30.0. The fraction of sp³-hybridized carbons (Fsp3) is 0.545. The summed E-state index contributed by atoms with van der Waals surface area (Å²) in [5, 5.41) is 13.7. The number of carbonyl (C=O) groups excluding carboxylic acids is 2. The van der Waals surface area contributed by atoms with Crippen molar-refractivity contribution in [1.29, 1.82) is 0 Å². The molecule has 1 aromatic heterocycles. The van der Waals surface area contributed by atoms with Crippen molar-refractivity contribution in [2.45, 2.75) is 44.7 Å². The molecule has 3 aliphatic rings. The highest BCUT2D eigenvalue weighted by Gasteiger charge is 2.52. The first-order valence-corrected chi connectivity index (χ1v) is 11.7. The zero-order chi connectivity index (χ0) is 20.7. The second-order valence-electron chi connectivity index (χ2n) is 8.52. The number of carbonyl (C=O) groups is 2. The number of aromatic nitrogens is 2. The molecule has 1 aromatic carbocycles. The van der Waals surface area contributed by atoms with Crippen LogP contribution in [-0.4, -0.2) is 58.6 Å². The molecule has 5 rings (SSSR count). The molecule has 7 nitrogen and oxygen atoms in total. The summed E-state index contributed by atoms with van der Waals surface area (Å²) in [6, 6.07) is 9.89. The van der Waals surface area contributed by atoms with Crippen molar-refractivity contribution < 1.29 is 9.59 Å². The van der Waals surface area contributed by atoms with Gasteiger partial charge in [0.15, 0.2) is 0 Å². The summed E-state index contributed by atoms with van der Waals surface area (Å²) in [6.45, 7) is 4.12. The van der Waals surface area contributed by atoms with E-state index in [0.29, 0.717) is 18.9 Å². The van der Waals surface area contributed by atoms with Crippen LogP contribution < -0.4 is 10.2 Å². The molecule has 0 radical (unpaired) electrons. The lowest BCUT2D eigenvalue weighted by molar-refractivity contribution is -0.156. The quantitative estimate of drug-likeness (QED) is 0.815. The van der Waals surface area contributed by atoms with E-state index < -0.39 is 0 Å². The predicted octanol–water partition coefficient (Wildman–Crippen LogP) is 2.55. The lowest BCUT2D eigenvalue weighted by Gasteiger charge is -2.55. The van der Waals surface area contributed by atoms with E-state index in [1.807, 2.05) is 42.2 Å². The second kappa shape index (κ2) is 7.98. The van der Waals surface area contributed by atoms with Crippen LogP contribution in [0.5, 0.6) is 0 Å².